The molecule has 0 spiro atoms. The Kier molecular flexibility index (Phi) is 6.64. The summed E-state index contributed by atoms with van der Waals surface area (Å²) in [7, 11) is 0. The van der Waals surface area contributed by atoms with Crippen LogP contribution in [-0.2, 0) is 4.74 Å². The van der Waals surface area contributed by atoms with Crippen molar-refractivity contribution in [3.05, 3.63) is 70.0 Å². The van der Waals surface area contributed by atoms with Crippen LogP contribution < -0.4 is 15.8 Å². The van der Waals surface area contributed by atoms with Crippen LogP contribution >= 0.6 is 0 Å². The molecule has 0 saturated carbocycles. The molecule has 178 valence electrons. The molecule has 1 aliphatic heterocycles. The number of morpholine rings is 1. The fourth-order valence-electron chi connectivity index (χ4n) is 3.85. The Morgan fingerprint density at radius 2 is 1.94 bits per heavy atom. The number of carbonyl (C=O) groups is 1. The number of benzene rings is 1. The van der Waals surface area contributed by atoms with Gasteiger partial charge in [-0.1, -0.05) is 0 Å². The molecule has 2 aromatic heterocycles. The van der Waals surface area contributed by atoms with E-state index in [1.54, 1.807) is 0 Å². The van der Waals surface area contributed by atoms with Crippen molar-refractivity contribution in [2.45, 2.75) is 32.5 Å². The maximum absolute atomic E-state index is 14.7. The highest BCUT2D eigenvalue weighted by molar-refractivity contribution is 6.05. The summed E-state index contributed by atoms with van der Waals surface area (Å²) in [5.74, 6) is -1.03. The largest absolute Gasteiger partial charge is 0.372 e. The SMILES string of the molecule is C[C@@H]1CN(c2nccc(-c3cc(NC(=O)c4c[nH]c(=O)cc4C(F)F)ccc3F)n2)C[C@H](C)O1. The van der Waals surface area contributed by atoms with E-state index in [1.807, 2.05) is 18.7 Å². The zero-order valence-electron chi connectivity index (χ0n) is 18.4. The average Bonchev–Trinajstić information content (AvgIpc) is 2.79. The minimum absolute atomic E-state index is 0.0164. The number of ether oxygens (including phenoxy) is 1. The van der Waals surface area contributed by atoms with E-state index < -0.39 is 29.3 Å². The lowest BCUT2D eigenvalue weighted by Gasteiger charge is -2.35. The molecule has 34 heavy (non-hydrogen) atoms. The van der Waals surface area contributed by atoms with Crippen LogP contribution in [0.5, 0.6) is 0 Å². The molecule has 3 aromatic rings. The third-order valence-corrected chi connectivity index (χ3v) is 5.28. The molecule has 2 N–H and O–H groups in total. The maximum Gasteiger partial charge on any atom is 0.264 e. The number of carbonyl (C=O) groups excluding carboxylic acids is 1. The van der Waals surface area contributed by atoms with E-state index >= 15 is 0 Å². The molecule has 11 heteroatoms. The average molecular weight is 473 g/mol. The van der Waals surface area contributed by atoms with Gasteiger partial charge in [-0.3, -0.25) is 9.59 Å². The standard InChI is InChI=1S/C23H22F3N5O3/c1-12-10-31(11-13(2)34-12)23-27-6-5-19(30-23)16-7-14(3-4-18(16)24)29-22(33)17-9-28-20(32)8-15(17)21(25)26/h3-9,12-13,21H,10-11H2,1-2H3,(H,28,32)(H,29,33)/t12-,13+. The van der Waals surface area contributed by atoms with Crippen molar-refractivity contribution in [1.82, 2.24) is 15.0 Å². The van der Waals surface area contributed by atoms with Crippen LogP contribution in [0.3, 0.4) is 0 Å². The lowest BCUT2D eigenvalue weighted by Crippen LogP contribution is -2.46. The molecular formula is C23H22F3N5O3. The molecule has 0 radical (unpaired) electrons. The number of halogens is 3. The summed E-state index contributed by atoms with van der Waals surface area (Å²) >= 11 is 0. The van der Waals surface area contributed by atoms with Crippen LogP contribution in [0.15, 0.2) is 47.5 Å². The number of aromatic amines is 1. The number of alkyl halides is 2. The van der Waals surface area contributed by atoms with Gasteiger partial charge in [0.2, 0.25) is 11.5 Å². The Balaban J connectivity index is 1.61. The Morgan fingerprint density at radius 1 is 1.21 bits per heavy atom. The molecule has 1 saturated heterocycles. The number of H-pyrrole nitrogens is 1. The van der Waals surface area contributed by atoms with Crippen molar-refractivity contribution in [1.29, 1.82) is 0 Å². The fourth-order valence-corrected chi connectivity index (χ4v) is 3.85. The van der Waals surface area contributed by atoms with Crippen molar-refractivity contribution >= 4 is 17.5 Å². The van der Waals surface area contributed by atoms with Gasteiger partial charge in [-0.05, 0) is 38.1 Å². The van der Waals surface area contributed by atoms with Crippen molar-refractivity contribution < 1.29 is 22.7 Å². The van der Waals surface area contributed by atoms with E-state index in [4.69, 9.17) is 4.74 Å². The second-order valence-electron chi connectivity index (χ2n) is 8.02. The molecule has 2 atom stereocenters. The van der Waals surface area contributed by atoms with E-state index in [0.29, 0.717) is 30.8 Å². The normalized spacial score (nSPS) is 18.2. The molecule has 4 rings (SSSR count). The highest BCUT2D eigenvalue weighted by Crippen LogP contribution is 2.27. The van der Waals surface area contributed by atoms with Gasteiger partial charge < -0.3 is 19.9 Å². The number of hydrogen-bond donors (Lipinski definition) is 2. The first kappa shape index (κ1) is 23.4. The zero-order chi connectivity index (χ0) is 24.4. The van der Waals surface area contributed by atoms with Gasteiger partial charge in [-0.2, -0.15) is 0 Å². The first-order valence-corrected chi connectivity index (χ1v) is 10.6. The molecule has 1 aromatic carbocycles. The van der Waals surface area contributed by atoms with Gasteiger partial charge >= 0.3 is 0 Å². The van der Waals surface area contributed by atoms with Crippen LogP contribution in [-0.4, -0.2) is 46.2 Å². The monoisotopic (exact) mass is 473 g/mol. The summed E-state index contributed by atoms with van der Waals surface area (Å²) in [6, 6.07) is 6.02. The van der Waals surface area contributed by atoms with Crippen LogP contribution in [0.25, 0.3) is 11.3 Å². The Morgan fingerprint density at radius 3 is 2.65 bits per heavy atom. The van der Waals surface area contributed by atoms with Crippen LogP contribution in [0.4, 0.5) is 24.8 Å². The summed E-state index contributed by atoms with van der Waals surface area (Å²) in [6.07, 6.45) is -0.612. The number of pyridine rings is 1. The molecule has 1 fully saturated rings. The smallest absolute Gasteiger partial charge is 0.264 e. The molecule has 0 unspecified atom stereocenters. The van der Waals surface area contributed by atoms with E-state index in [0.717, 1.165) is 12.3 Å². The maximum atomic E-state index is 14.7. The Labute approximate surface area is 192 Å². The predicted molar refractivity (Wildman–Crippen MR) is 120 cm³/mol. The number of nitrogens with one attached hydrogen (secondary N) is 2. The lowest BCUT2D eigenvalue weighted by atomic mass is 10.1. The molecule has 3 heterocycles. The summed E-state index contributed by atoms with van der Waals surface area (Å²) in [5.41, 5.74) is -1.27. The number of anilines is 2. The highest BCUT2D eigenvalue weighted by atomic mass is 19.3. The quantitative estimate of drug-likeness (QED) is 0.585. The molecule has 8 nitrogen and oxygen atoms in total. The van der Waals surface area contributed by atoms with Gasteiger partial charge in [0, 0.05) is 48.4 Å². The van der Waals surface area contributed by atoms with E-state index in [2.05, 4.69) is 20.3 Å². The lowest BCUT2D eigenvalue weighted by molar-refractivity contribution is -0.00571. The van der Waals surface area contributed by atoms with E-state index in [-0.39, 0.29) is 29.0 Å². The van der Waals surface area contributed by atoms with Crippen molar-refractivity contribution in [3.8, 4) is 11.3 Å². The number of rotatable bonds is 5. The first-order chi connectivity index (χ1) is 16.2. The number of nitrogens with zero attached hydrogens (tertiary/aromatic N) is 3. The highest BCUT2D eigenvalue weighted by Gasteiger charge is 2.25. The van der Waals surface area contributed by atoms with Crippen LogP contribution in [0, 0.1) is 5.82 Å². The summed E-state index contributed by atoms with van der Waals surface area (Å²) in [5, 5.41) is 2.47. The van der Waals surface area contributed by atoms with Crippen molar-refractivity contribution in [3.63, 3.8) is 0 Å². The minimum Gasteiger partial charge on any atom is -0.372 e. The molecule has 0 aliphatic carbocycles. The van der Waals surface area contributed by atoms with Crippen LogP contribution in [0.1, 0.15) is 36.2 Å². The predicted octanol–water partition coefficient (Wildman–Crippen LogP) is 3.77. The fraction of sp³-hybridized carbons (Fsp3) is 0.304. The topological polar surface area (TPSA) is 100 Å². The van der Waals surface area contributed by atoms with Gasteiger partial charge in [-0.15, -0.1) is 0 Å². The van der Waals surface area contributed by atoms with Crippen molar-refractivity contribution in [2.75, 3.05) is 23.3 Å². The number of hydrogen-bond acceptors (Lipinski definition) is 6. The Hall–Kier alpha value is -3.73. The zero-order valence-corrected chi connectivity index (χ0v) is 18.4. The summed E-state index contributed by atoms with van der Waals surface area (Å²) in [6.45, 7) is 5.05. The third kappa shape index (κ3) is 5.09. The second-order valence-corrected chi connectivity index (χ2v) is 8.02. The van der Waals surface area contributed by atoms with Gasteiger partial charge in [-0.25, -0.2) is 23.1 Å². The molecule has 0 bridgehead atoms. The van der Waals surface area contributed by atoms with E-state index in [9.17, 15) is 22.8 Å². The summed E-state index contributed by atoms with van der Waals surface area (Å²) in [4.78, 5) is 36.9. The van der Waals surface area contributed by atoms with Gasteiger partial charge in [0.25, 0.3) is 12.3 Å². The second kappa shape index (κ2) is 9.64. The molecular weight excluding hydrogens is 451 g/mol. The van der Waals surface area contributed by atoms with E-state index in [1.165, 1.54) is 24.4 Å². The number of aromatic nitrogens is 3. The summed E-state index contributed by atoms with van der Waals surface area (Å²) < 4.78 is 47.0. The molecule has 1 amide bonds. The minimum atomic E-state index is -3.02. The van der Waals surface area contributed by atoms with Crippen LogP contribution in [0.2, 0.25) is 0 Å². The van der Waals surface area contributed by atoms with Gasteiger partial charge in [0.05, 0.1) is 23.5 Å². The van der Waals surface area contributed by atoms with Crippen molar-refractivity contribution in [2.24, 2.45) is 0 Å². The number of amides is 1. The first-order valence-electron chi connectivity index (χ1n) is 10.6. The Bertz CT molecular complexity index is 1260. The van der Waals surface area contributed by atoms with Gasteiger partial charge in [0.1, 0.15) is 5.82 Å². The van der Waals surface area contributed by atoms with Gasteiger partial charge in [0.15, 0.2) is 0 Å². The third-order valence-electron chi connectivity index (χ3n) is 5.28. The molecule has 1 aliphatic rings.